The van der Waals surface area contributed by atoms with Crippen molar-refractivity contribution in [1.29, 1.82) is 0 Å². The Labute approximate surface area is 185 Å². The number of benzene rings is 1. The first-order valence-electron chi connectivity index (χ1n) is 10.3. The van der Waals surface area contributed by atoms with Gasteiger partial charge in [-0.3, -0.25) is 9.59 Å². The minimum Gasteiger partial charge on any atom is -0.497 e. The Morgan fingerprint density at radius 1 is 1.16 bits per heavy atom. The lowest BCUT2D eigenvalue weighted by Gasteiger charge is -2.39. The third-order valence-electron chi connectivity index (χ3n) is 5.70. The molecular weight excluding hydrogens is 414 g/mol. The number of hydrogen-bond donors (Lipinski definition) is 0. The highest BCUT2D eigenvalue weighted by molar-refractivity contribution is 7.16. The van der Waals surface area contributed by atoms with Crippen LogP contribution in [0.15, 0.2) is 41.8 Å². The van der Waals surface area contributed by atoms with Crippen LogP contribution in [-0.2, 0) is 16.1 Å². The second-order valence-corrected chi connectivity index (χ2v) is 8.66. The molecule has 31 heavy (non-hydrogen) atoms. The number of ether oxygens (including phenoxy) is 2. The van der Waals surface area contributed by atoms with Crippen molar-refractivity contribution in [2.45, 2.75) is 19.5 Å². The van der Waals surface area contributed by atoms with Crippen molar-refractivity contribution in [2.75, 3.05) is 40.5 Å². The van der Waals surface area contributed by atoms with E-state index in [1.807, 2.05) is 53.6 Å². The average Bonchev–Trinajstić information content (AvgIpc) is 3.36. The molecule has 1 atom stereocenters. The maximum Gasteiger partial charge on any atom is 0.270 e. The predicted octanol–water partition coefficient (Wildman–Crippen LogP) is 3.08. The summed E-state index contributed by atoms with van der Waals surface area (Å²) in [4.78, 5) is 30.5. The Balaban J connectivity index is 1.58. The molecule has 2 amide bonds. The molecular formula is C23H27N3O4S. The van der Waals surface area contributed by atoms with Crippen molar-refractivity contribution in [3.8, 4) is 5.75 Å². The van der Waals surface area contributed by atoms with Gasteiger partial charge in [0, 0.05) is 44.7 Å². The summed E-state index contributed by atoms with van der Waals surface area (Å²) < 4.78 is 12.4. The summed E-state index contributed by atoms with van der Waals surface area (Å²) in [6.45, 7) is 4.16. The number of aromatic nitrogens is 1. The van der Waals surface area contributed by atoms with Crippen molar-refractivity contribution in [3.63, 3.8) is 0 Å². The molecule has 7 nitrogen and oxygen atoms in total. The van der Waals surface area contributed by atoms with E-state index >= 15 is 0 Å². The van der Waals surface area contributed by atoms with Gasteiger partial charge in [0.15, 0.2) is 0 Å². The van der Waals surface area contributed by atoms with Crippen LogP contribution in [0.1, 0.15) is 23.0 Å². The number of fused-ring (bicyclic) bond motifs is 1. The molecule has 0 aliphatic carbocycles. The molecule has 0 radical (unpaired) electrons. The predicted molar refractivity (Wildman–Crippen MR) is 121 cm³/mol. The Morgan fingerprint density at radius 2 is 2.00 bits per heavy atom. The summed E-state index contributed by atoms with van der Waals surface area (Å²) in [7, 11) is 3.17. The maximum atomic E-state index is 13.5. The molecule has 1 fully saturated rings. The van der Waals surface area contributed by atoms with Gasteiger partial charge in [0.05, 0.1) is 7.11 Å². The second-order valence-electron chi connectivity index (χ2n) is 7.77. The van der Waals surface area contributed by atoms with Crippen LogP contribution in [0.4, 0.5) is 0 Å². The number of carbonyl (C=O) groups excluding carboxylic acids is 2. The fourth-order valence-corrected chi connectivity index (χ4v) is 5.04. The van der Waals surface area contributed by atoms with Crippen molar-refractivity contribution in [3.05, 3.63) is 53.0 Å². The van der Waals surface area contributed by atoms with Gasteiger partial charge in [-0.05, 0) is 42.1 Å². The molecule has 1 aliphatic rings. The number of nitrogens with zero attached hydrogens (tertiary/aromatic N) is 3. The van der Waals surface area contributed by atoms with Crippen LogP contribution in [-0.4, -0.2) is 72.7 Å². The monoisotopic (exact) mass is 441 g/mol. The highest BCUT2D eigenvalue weighted by Crippen LogP contribution is 2.28. The lowest BCUT2D eigenvalue weighted by Crippen LogP contribution is -2.56. The van der Waals surface area contributed by atoms with E-state index in [9.17, 15) is 9.59 Å². The quantitative estimate of drug-likeness (QED) is 0.590. The zero-order chi connectivity index (χ0) is 22.0. The first-order chi connectivity index (χ1) is 15.0. The highest BCUT2D eigenvalue weighted by Gasteiger charge is 2.31. The molecule has 0 saturated carbocycles. The molecule has 1 aliphatic heterocycles. The number of hydrogen-bond acceptors (Lipinski definition) is 5. The minimum atomic E-state index is -0.0525. The number of piperazine rings is 1. The van der Waals surface area contributed by atoms with Gasteiger partial charge in [-0.2, -0.15) is 0 Å². The number of rotatable bonds is 6. The van der Waals surface area contributed by atoms with E-state index in [-0.39, 0.29) is 24.5 Å². The normalized spacial score (nSPS) is 16.7. The highest BCUT2D eigenvalue weighted by atomic mass is 32.1. The standard InChI is InChI=1S/C23H27N3O4S/c1-16-13-24(8-9-25(16)21(27)15-29-2)22(28)20-12-18-7-10-31-23(18)26(20)14-17-5-4-6-19(11-17)30-3/h4-7,10-12,16H,8-9,13-15H2,1-3H3/t16-/m0/s1. The summed E-state index contributed by atoms with van der Waals surface area (Å²) in [6, 6.07) is 11.9. The van der Waals surface area contributed by atoms with Crippen LogP contribution < -0.4 is 4.74 Å². The summed E-state index contributed by atoms with van der Waals surface area (Å²) >= 11 is 1.63. The first-order valence-corrected chi connectivity index (χ1v) is 11.2. The average molecular weight is 442 g/mol. The Morgan fingerprint density at radius 3 is 2.74 bits per heavy atom. The van der Waals surface area contributed by atoms with E-state index in [0.29, 0.717) is 31.9 Å². The Hall–Kier alpha value is -2.84. The van der Waals surface area contributed by atoms with Crippen LogP contribution in [0.25, 0.3) is 10.2 Å². The zero-order valence-corrected chi connectivity index (χ0v) is 18.9. The van der Waals surface area contributed by atoms with Crippen LogP contribution in [0.3, 0.4) is 0 Å². The molecule has 1 aromatic carbocycles. The second kappa shape index (κ2) is 9.11. The largest absolute Gasteiger partial charge is 0.497 e. The summed E-state index contributed by atoms with van der Waals surface area (Å²) in [5.41, 5.74) is 1.75. The van der Waals surface area contributed by atoms with Crippen LogP contribution >= 0.6 is 11.3 Å². The molecule has 3 aromatic rings. The Kier molecular flexibility index (Phi) is 6.29. The van der Waals surface area contributed by atoms with Gasteiger partial charge in [0.1, 0.15) is 22.9 Å². The third-order valence-corrected chi connectivity index (χ3v) is 6.65. The lowest BCUT2D eigenvalue weighted by atomic mass is 10.1. The molecule has 0 bridgehead atoms. The minimum absolute atomic E-state index is 0.00279. The van der Waals surface area contributed by atoms with E-state index < -0.39 is 0 Å². The van der Waals surface area contributed by atoms with Crippen molar-refractivity contribution < 1.29 is 19.1 Å². The molecule has 4 rings (SSSR count). The fourth-order valence-electron chi connectivity index (χ4n) is 4.14. The van der Waals surface area contributed by atoms with Gasteiger partial charge >= 0.3 is 0 Å². The summed E-state index contributed by atoms with van der Waals surface area (Å²) in [5.74, 6) is 0.756. The first kappa shape index (κ1) is 21.4. The number of thiophene rings is 1. The molecule has 0 unspecified atom stereocenters. The third kappa shape index (κ3) is 4.31. The van der Waals surface area contributed by atoms with Crippen LogP contribution in [0.5, 0.6) is 5.75 Å². The van der Waals surface area contributed by atoms with Gasteiger partial charge < -0.3 is 23.8 Å². The topological polar surface area (TPSA) is 64.0 Å². The fraction of sp³-hybridized carbons (Fsp3) is 0.391. The molecule has 164 valence electrons. The molecule has 3 heterocycles. The van der Waals surface area contributed by atoms with E-state index in [1.54, 1.807) is 23.3 Å². The summed E-state index contributed by atoms with van der Waals surface area (Å²) in [5, 5.41) is 3.11. The van der Waals surface area contributed by atoms with Crippen molar-refractivity contribution in [2.24, 2.45) is 0 Å². The van der Waals surface area contributed by atoms with E-state index in [1.165, 1.54) is 7.11 Å². The van der Waals surface area contributed by atoms with Gasteiger partial charge in [0.25, 0.3) is 5.91 Å². The van der Waals surface area contributed by atoms with Crippen LogP contribution in [0.2, 0.25) is 0 Å². The van der Waals surface area contributed by atoms with E-state index in [2.05, 4.69) is 4.57 Å². The van der Waals surface area contributed by atoms with Gasteiger partial charge in [0.2, 0.25) is 5.91 Å². The number of methoxy groups -OCH3 is 2. The van der Waals surface area contributed by atoms with Gasteiger partial charge in [-0.1, -0.05) is 12.1 Å². The molecule has 0 N–H and O–H groups in total. The van der Waals surface area contributed by atoms with E-state index in [0.717, 1.165) is 21.5 Å². The molecule has 8 heteroatoms. The van der Waals surface area contributed by atoms with Crippen LogP contribution in [0, 0.1) is 0 Å². The lowest BCUT2D eigenvalue weighted by molar-refractivity contribution is -0.139. The number of amides is 2. The maximum absolute atomic E-state index is 13.5. The SMILES string of the molecule is COCC(=O)N1CCN(C(=O)c2cc3ccsc3n2Cc2cccc(OC)c2)C[C@@H]1C. The molecule has 0 spiro atoms. The van der Waals surface area contributed by atoms with E-state index in [4.69, 9.17) is 9.47 Å². The zero-order valence-electron chi connectivity index (χ0n) is 18.0. The molecule has 2 aromatic heterocycles. The smallest absolute Gasteiger partial charge is 0.270 e. The van der Waals surface area contributed by atoms with Crippen molar-refractivity contribution >= 4 is 33.4 Å². The molecule has 1 saturated heterocycles. The van der Waals surface area contributed by atoms with Gasteiger partial charge in [-0.15, -0.1) is 11.3 Å². The Bertz CT molecular complexity index is 1090. The summed E-state index contributed by atoms with van der Waals surface area (Å²) in [6.07, 6.45) is 0. The number of carbonyl (C=O) groups is 2. The van der Waals surface area contributed by atoms with Gasteiger partial charge in [-0.25, -0.2) is 0 Å². The van der Waals surface area contributed by atoms with Crippen molar-refractivity contribution in [1.82, 2.24) is 14.4 Å².